The van der Waals surface area contributed by atoms with Crippen molar-refractivity contribution in [3.8, 4) is 6.07 Å². The lowest BCUT2D eigenvalue weighted by Crippen LogP contribution is -2.26. The molecular formula is C14H13ClN2O2S. The summed E-state index contributed by atoms with van der Waals surface area (Å²) in [5, 5.41) is 10.3. The first kappa shape index (κ1) is 14.9. The van der Waals surface area contributed by atoms with Crippen LogP contribution in [0.5, 0.6) is 0 Å². The van der Waals surface area contributed by atoms with Crippen molar-refractivity contribution in [2.24, 2.45) is 0 Å². The summed E-state index contributed by atoms with van der Waals surface area (Å²) in [6.07, 6.45) is -0.611. The van der Waals surface area contributed by atoms with Gasteiger partial charge in [-0.25, -0.2) is 4.98 Å². The number of hydrogen-bond donors (Lipinski definition) is 0. The van der Waals surface area contributed by atoms with Crippen LogP contribution in [0.3, 0.4) is 0 Å². The topological polar surface area (TPSA) is 63.0 Å². The van der Waals surface area contributed by atoms with E-state index in [4.69, 9.17) is 16.3 Å². The molecule has 0 aliphatic heterocycles. The van der Waals surface area contributed by atoms with E-state index < -0.39 is 12.0 Å². The molecule has 0 saturated carbocycles. The van der Waals surface area contributed by atoms with E-state index in [-0.39, 0.29) is 5.78 Å². The molecule has 20 heavy (non-hydrogen) atoms. The fourth-order valence-corrected chi connectivity index (χ4v) is 3.02. The van der Waals surface area contributed by atoms with Crippen molar-refractivity contribution in [3.05, 3.63) is 28.2 Å². The van der Waals surface area contributed by atoms with E-state index in [0.717, 1.165) is 4.70 Å². The first-order chi connectivity index (χ1) is 9.56. The van der Waals surface area contributed by atoms with Gasteiger partial charge in [-0.05, 0) is 32.0 Å². The predicted molar refractivity (Wildman–Crippen MR) is 79.1 cm³/mol. The molecule has 2 rings (SSSR count). The minimum atomic E-state index is -0.896. The van der Waals surface area contributed by atoms with Crippen molar-refractivity contribution >= 4 is 38.9 Å². The third kappa shape index (κ3) is 2.98. The number of hydrogen-bond acceptors (Lipinski definition) is 5. The molecule has 1 heterocycles. The largest absolute Gasteiger partial charge is 0.371 e. The van der Waals surface area contributed by atoms with Gasteiger partial charge in [-0.1, -0.05) is 11.6 Å². The summed E-state index contributed by atoms with van der Waals surface area (Å²) in [5.41, 5.74) is 0.703. The second kappa shape index (κ2) is 6.31. The molecule has 1 aromatic heterocycles. The van der Waals surface area contributed by atoms with Gasteiger partial charge in [-0.15, -0.1) is 11.3 Å². The van der Waals surface area contributed by atoms with Gasteiger partial charge >= 0.3 is 0 Å². The highest BCUT2D eigenvalue weighted by Crippen LogP contribution is 2.30. The van der Waals surface area contributed by atoms with Gasteiger partial charge in [0.1, 0.15) is 11.1 Å². The number of carbonyl (C=O) groups is 1. The Bertz CT molecular complexity index is 677. The summed E-state index contributed by atoms with van der Waals surface area (Å²) in [5.74, 6) is -1.16. The quantitative estimate of drug-likeness (QED) is 0.847. The minimum Gasteiger partial charge on any atom is -0.371 e. The van der Waals surface area contributed by atoms with Crippen molar-refractivity contribution in [1.29, 1.82) is 5.26 Å². The number of ether oxygens (including phenoxy) is 1. The van der Waals surface area contributed by atoms with E-state index in [0.29, 0.717) is 22.2 Å². The fraction of sp³-hybridized carbons (Fsp3) is 0.357. The molecule has 0 spiro atoms. The van der Waals surface area contributed by atoms with E-state index >= 15 is 0 Å². The Kier molecular flexibility index (Phi) is 4.71. The molecule has 1 aromatic carbocycles. The standard InChI is InChI=1S/C14H13ClN2O2S/c1-3-19-8(2)13(18)10(7-16)14-17-11-6-9(15)4-5-12(11)20-14/h4-6,8,10H,3H2,1-2H3/t8-,10+/m1/s1. The number of Topliss-reactive ketones (excluding diaryl/α,β-unsaturated/α-hetero) is 1. The van der Waals surface area contributed by atoms with E-state index in [2.05, 4.69) is 4.98 Å². The molecule has 0 unspecified atom stereocenters. The summed E-state index contributed by atoms with van der Waals surface area (Å²) >= 11 is 7.24. The van der Waals surface area contributed by atoms with Crippen molar-refractivity contribution in [2.75, 3.05) is 6.61 Å². The van der Waals surface area contributed by atoms with Gasteiger partial charge in [0.05, 0.1) is 16.3 Å². The molecule has 0 fully saturated rings. The maximum Gasteiger partial charge on any atom is 0.185 e. The Morgan fingerprint density at radius 1 is 1.60 bits per heavy atom. The number of thiazole rings is 1. The number of fused-ring (bicyclic) bond motifs is 1. The van der Waals surface area contributed by atoms with Gasteiger partial charge in [0, 0.05) is 11.6 Å². The Morgan fingerprint density at radius 3 is 3.00 bits per heavy atom. The lowest BCUT2D eigenvalue weighted by atomic mass is 10.0. The summed E-state index contributed by atoms with van der Waals surface area (Å²) in [6.45, 7) is 3.89. The second-order valence-electron chi connectivity index (χ2n) is 4.23. The predicted octanol–water partition coefficient (Wildman–Crippen LogP) is 3.55. The van der Waals surface area contributed by atoms with Crippen LogP contribution >= 0.6 is 22.9 Å². The number of aromatic nitrogens is 1. The van der Waals surface area contributed by atoms with Crippen LogP contribution in [0.1, 0.15) is 24.8 Å². The highest BCUT2D eigenvalue weighted by molar-refractivity contribution is 7.18. The number of carbonyl (C=O) groups excluding carboxylic acids is 1. The number of ketones is 1. The minimum absolute atomic E-state index is 0.264. The van der Waals surface area contributed by atoms with Gasteiger partial charge in [0.25, 0.3) is 0 Å². The molecule has 4 nitrogen and oxygen atoms in total. The van der Waals surface area contributed by atoms with Gasteiger partial charge in [-0.3, -0.25) is 4.79 Å². The van der Waals surface area contributed by atoms with Crippen molar-refractivity contribution in [3.63, 3.8) is 0 Å². The van der Waals surface area contributed by atoms with E-state index in [1.54, 1.807) is 19.1 Å². The third-order valence-corrected chi connectivity index (χ3v) is 4.18. The fourth-order valence-electron chi connectivity index (χ4n) is 1.85. The van der Waals surface area contributed by atoms with Crippen molar-refractivity contribution < 1.29 is 9.53 Å². The average molecular weight is 309 g/mol. The first-order valence-corrected chi connectivity index (χ1v) is 7.37. The Morgan fingerprint density at radius 2 is 2.35 bits per heavy atom. The van der Waals surface area contributed by atoms with Gasteiger partial charge in [-0.2, -0.15) is 5.26 Å². The van der Waals surface area contributed by atoms with Gasteiger partial charge < -0.3 is 4.74 Å². The molecular weight excluding hydrogens is 296 g/mol. The Balaban J connectivity index is 2.35. The van der Waals surface area contributed by atoms with Crippen molar-refractivity contribution in [1.82, 2.24) is 4.98 Å². The van der Waals surface area contributed by atoms with Crippen LogP contribution in [0.4, 0.5) is 0 Å². The highest BCUT2D eigenvalue weighted by atomic mass is 35.5. The van der Waals surface area contributed by atoms with E-state index in [9.17, 15) is 10.1 Å². The second-order valence-corrected chi connectivity index (χ2v) is 5.72. The lowest BCUT2D eigenvalue weighted by molar-refractivity contribution is -0.129. The van der Waals surface area contributed by atoms with Crippen LogP contribution in [-0.4, -0.2) is 23.5 Å². The zero-order chi connectivity index (χ0) is 14.7. The molecule has 0 amide bonds. The zero-order valence-electron chi connectivity index (χ0n) is 11.1. The molecule has 2 atom stereocenters. The number of nitriles is 1. The van der Waals surface area contributed by atoms with Crippen LogP contribution < -0.4 is 0 Å². The number of nitrogens with zero attached hydrogens (tertiary/aromatic N) is 2. The molecule has 0 N–H and O–H groups in total. The molecule has 0 saturated heterocycles. The maximum atomic E-state index is 12.2. The number of rotatable bonds is 5. The molecule has 0 radical (unpaired) electrons. The summed E-state index contributed by atoms with van der Waals surface area (Å²) in [7, 11) is 0. The van der Waals surface area contributed by atoms with E-state index in [1.165, 1.54) is 11.3 Å². The highest BCUT2D eigenvalue weighted by Gasteiger charge is 2.28. The molecule has 2 aromatic rings. The molecule has 104 valence electrons. The van der Waals surface area contributed by atoms with Crippen molar-refractivity contribution in [2.45, 2.75) is 25.9 Å². The third-order valence-electron chi connectivity index (χ3n) is 2.84. The Labute approximate surface area is 125 Å². The van der Waals surface area contributed by atoms with Crippen LogP contribution in [0.2, 0.25) is 5.02 Å². The maximum absolute atomic E-state index is 12.2. The first-order valence-electron chi connectivity index (χ1n) is 6.17. The normalized spacial score (nSPS) is 13.9. The molecule has 6 heteroatoms. The zero-order valence-corrected chi connectivity index (χ0v) is 12.7. The lowest BCUT2D eigenvalue weighted by Gasteiger charge is -2.12. The SMILES string of the molecule is CCO[C@H](C)C(=O)[C@H](C#N)c1nc2cc(Cl)ccc2s1. The molecule has 0 aliphatic carbocycles. The molecule has 0 aliphatic rings. The number of halogens is 1. The summed E-state index contributed by atoms with van der Waals surface area (Å²) < 4.78 is 6.16. The van der Waals surface area contributed by atoms with Crippen LogP contribution in [0.15, 0.2) is 18.2 Å². The van der Waals surface area contributed by atoms with Crippen LogP contribution in [0, 0.1) is 11.3 Å². The average Bonchev–Trinajstić information content (AvgIpc) is 2.82. The van der Waals surface area contributed by atoms with E-state index in [1.807, 2.05) is 19.1 Å². The summed E-state index contributed by atoms with van der Waals surface area (Å²) in [4.78, 5) is 16.5. The van der Waals surface area contributed by atoms with Gasteiger partial charge in [0.15, 0.2) is 11.7 Å². The van der Waals surface area contributed by atoms with Gasteiger partial charge in [0.2, 0.25) is 0 Å². The monoisotopic (exact) mass is 308 g/mol. The molecule has 0 bridgehead atoms. The van der Waals surface area contributed by atoms with Crippen LogP contribution in [-0.2, 0) is 9.53 Å². The number of benzene rings is 1. The van der Waals surface area contributed by atoms with Crippen LogP contribution in [0.25, 0.3) is 10.2 Å². The summed E-state index contributed by atoms with van der Waals surface area (Å²) in [6, 6.07) is 7.34. The Hall–Kier alpha value is -1.48. The smallest absolute Gasteiger partial charge is 0.185 e.